The first-order valence-electron chi connectivity index (χ1n) is 19.2. The Morgan fingerprint density at radius 3 is 1.30 bits per heavy atom. The van der Waals surface area contributed by atoms with E-state index >= 15 is 0 Å². The van der Waals surface area contributed by atoms with Crippen molar-refractivity contribution in [3.05, 3.63) is 211 Å². The van der Waals surface area contributed by atoms with Gasteiger partial charge in [0.1, 0.15) is 0 Å². The van der Waals surface area contributed by atoms with Gasteiger partial charge in [0.25, 0.3) is 0 Å². The Bertz CT molecular complexity index is 3130. The number of hydrogen-bond donors (Lipinski definition) is 0. The van der Waals surface area contributed by atoms with E-state index in [-0.39, 0.29) is 0 Å². The highest BCUT2D eigenvalue weighted by molar-refractivity contribution is 7.79. The fourth-order valence-electron chi connectivity index (χ4n) is 8.65. The summed E-state index contributed by atoms with van der Waals surface area (Å²) in [5.41, 5.74) is 7.29. The lowest BCUT2D eigenvalue weighted by atomic mass is 9.82. The van der Waals surface area contributed by atoms with Gasteiger partial charge < -0.3 is 0 Å². The van der Waals surface area contributed by atoms with Gasteiger partial charge in [-0.2, -0.15) is 0 Å². The molecule has 0 spiro atoms. The summed E-state index contributed by atoms with van der Waals surface area (Å²) in [5, 5.41) is 11.8. The molecule has 0 amide bonds. The summed E-state index contributed by atoms with van der Waals surface area (Å²) in [6.07, 6.45) is 2.00. The number of hydrogen-bond acceptors (Lipinski definition) is 2. The summed E-state index contributed by atoms with van der Waals surface area (Å²) >= 11 is 0. The molecule has 0 fully saturated rings. The molecule has 0 atom stereocenters. The van der Waals surface area contributed by atoms with Gasteiger partial charge in [-0.15, -0.1) is 0 Å². The average molecular weight is 747 g/mol. The highest BCUT2D eigenvalue weighted by atomic mass is 31.1. The van der Waals surface area contributed by atoms with Gasteiger partial charge in [0, 0.05) is 11.1 Å². The molecule has 0 saturated carbocycles. The smallest absolute Gasteiger partial charge is 0.151 e. The molecule has 10 aromatic rings. The van der Waals surface area contributed by atoms with Gasteiger partial charge in [-0.1, -0.05) is 188 Å². The molecule has 0 unspecified atom stereocenters. The van der Waals surface area contributed by atoms with Crippen LogP contribution in [0.3, 0.4) is 0 Å². The number of aldehydes is 2. The minimum absolute atomic E-state index is 0.662. The molecule has 10 rings (SSSR count). The number of carbonyl (C=O) groups is 2. The van der Waals surface area contributed by atoms with Crippen molar-refractivity contribution in [3.8, 4) is 33.4 Å². The third-order valence-corrected chi connectivity index (χ3v) is 13.6. The molecule has 3 heteroatoms. The SMILES string of the molecule is O=Cc1c(-c2c3ccccc3c(-c3ccc4ccccc4c3C=O)c3cc(-c4cccc(P(c5ccccc5)c5ccccc5)c4)ccc23)ccc2ccccc12. The van der Waals surface area contributed by atoms with E-state index in [9.17, 15) is 9.59 Å². The van der Waals surface area contributed by atoms with Gasteiger partial charge in [-0.25, -0.2) is 0 Å². The Kier molecular flexibility index (Phi) is 8.83. The minimum Gasteiger partial charge on any atom is -0.298 e. The van der Waals surface area contributed by atoms with Crippen molar-refractivity contribution in [1.82, 2.24) is 0 Å². The number of rotatable bonds is 8. The molecule has 0 aromatic heterocycles. The lowest BCUT2D eigenvalue weighted by Gasteiger charge is -2.22. The summed E-state index contributed by atoms with van der Waals surface area (Å²) in [6, 6.07) is 70.2. The molecule has 10 aromatic carbocycles. The van der Waals surface area contributed by atoms with E-state index in [4.69, 9.17) is 0 Å². The van der Waals surface area contributed by atoms with E-state index in [1.54, 1.807) is 0 Å². The van der Waals surface area contributed by atoms with Crippen molar-refractivity contribution >= 4 is 79.5 Å². The Labute approximate surface area is 332 Å². The molecule has 268 valence electrons. The summed E-state index contributed by atoms with van der Waals surface area (Å²) in [5.74, 6) is 0. The van der Waals surface area contributed by atoms with E-state index in [0.29, 0.717) is 11.1 Å². The van der Waals surface area contributed by atoms with Gasteiger partial charge in [0.2, 0.25) is 0 Å². The van der Waals surface area contributed by atoms with E-state index in [0.717, 1.165) is 89.0 Å². The summed E-state index contributed by atoms with van der Waals surface area (Å²) in [6.45, 7) is 0. The van der Waals surface area contributed by atoms with E-state index in [1.807, 2.05) is 42.5 Å². The molecule has 2 nitrogen and oxygen atoms in total. The van der Waals surface area contributed by atoms with Crippen molar-refractivity contribution in [3.63, 3.8) is 0 Å². The van der Waals surface area contributed by atoms with Crippen LogP contribution in [0.25, 0.3) is 76.5 Å². The second kappa shape index (κ2) is 14.6. The lowest BCUT2D eigenvalue weighted by Crippen LogP contribution is -2.20. The minimum atomic E-state index is -0.805. The van der Waals surface area contributed by atoms with Gasteiger partial charge in [0.05, 0.1) is 0 Å². The standard InChI is InChI=1S/C54H35O2P/c55-34-51-43-22-9-7-14-36(43)26-29-48(51)53-45-24-11-12-25-46(45)54(49-30-27-37-15-8-10-23-44(37)52(49)35-56)50-33-39(28-31-47(50)53)38-16-13-21-42(32-38)57(40-17-3-1-4-18-40)41-19-5-2-6-20-41/h1-35H. The first kappa shape index (κ1) is 34.5. The van der Waals surface area contributed by atoms with Crippen LogP contribution in [-0.4, -0.2) is 12.6 Å². The van der Waals surface area contributed by atoms with Crippen LogP contribution < -0.4 is 15.9 Å². The lowest BCUT2D eigenvalue weighted by molar-refractivity contribution is 0.111. The topological polar surface area (TPSA) is 34.1 Å². The Morgan fingerprint density at radius 1 is 0.316 bits per heavy atom. The van der Waals surface area contributed by atoms with Gasteiger partial charge in [0.15, 0.2) is 12.6 Å². The average Bonchev–Trinajstić information content (AvgIpc) is 3.28. The molecule has 0 heterocycles. The van der Waals surface area contributed by atoms with Crippen molar-refractivity contribution in [2.45, 2.75) is 0 Å². The van der Waals surface area contributed by atoms with Gasteiger partial charge in [-0.05, 0) is 112 Å². The highest BCUT2D eigenvalue weighted by Gasteiger charge is 2.23. The van der Waals surface area contributed by atoms with Crippen LogP contribution in [0.2, 0.25) is 0 Å². The monoisotopic (exact) mass is 746 g/mol. The third-order valence-electron chi connectivity index (χ3n) is 11.2. The molecule has 0 N–H and O–H groups in total. The van der Waals surface area contributed by atoms with Crippen LogP contribution >= 0.6 is 7.92 Å². The molecule has 57 heavy (non-hydrogen) atoms. The molecule has 0 saturated heterocycles. The first-order chi connectivity index (χ1) is 28.2. The van der Waals surface area contributed by atoms with Crippen LogP contribution in [0.15, 0.2) is 200 Å². The normalized spacial score (nSPS) is 11.5. The van der Waals surface area contributed by atoms with Crippen LogP contribution in [0.5, 0.6) is 0 Å². The van der Waals surface area contributed by atoms with Crippen LogP contribution in [0.4, 0.5) is 0 Å². The second-order valence-corrected chi connectivity index (χ2v) is 16.6. The zero-order valence-corrected chi connectivity index (χ0v) is 31.9. The van der Waals surface area contributed by atoms with Crippen molar-refractivity contribution < 1.29 is 9.59 Å². The quantitative estimate of drug-likeness (QED) is 0.0881. The molecule has 0 radical (unpaired) electrons. The molecular weight excluding hydrogens is 712 g/mol. The summed E-state index contributed by atoms with van der Waals surface area (Å²) in [4.78, 5) is 26.2. The zero-order chi connectivity index (χ0) is 38.3. The molecular formula is C54H35O2P. The van der Waals surface area contributed by atoms with Gasteiger partial charge in [-0.3, -0.25) is 9.59 Å². The number of carbonyl (C=O) groups excluding carboxylic acids is 2. The maximum atomic E-state index is 13.2. The number of benzene rings is 10. The van der Waals surface area contributed by atoms with E-state index < -0.39 is 7.92 Å². The first-order valence-corrected chi connectivity index (χ1v) is 20.5. The predicted octanol–water partition coefficient (Wildman–Crippen LogP) is 12.7. The zero-order valence-electron chi connectivity index (χ0n) is 31.0. The van der Waals surface area contributed by atoms with Crippen LogP contribution in [0.1, 0.15) is 20.7 Å². The highest BCUT2D eigenvalue weighted by Crippen LogP contribution is 2.47. The largest absolute Gasteiger partial charge is 0.298 e. The fourth-order valence-corrected chi connectivity index (χ4v) is 11.0. The molecule has 0 aliphatic heterocycles. The maximum absolute atomic E-state index is 13.2. The molecule has 0 aliphatic carbocycles. The fraction of sp³-hybridized carbons (Fsp3) is 0. The Morgan fingerprint density at radius 2 is 0.754 bits per heavy atom. The number of fused-ring (bicyclic) bond motifs is 4. The Balaban J connectivity index is 1.28. The van der Waals surface area contributed by atoms with Crippen molar-refractivity contribution in [2.75, 3.05) is 0 Å². The Hall–Kier alpha value is -6.99. The van der Waals surface area contributed by atoms with Crippen molar-refractivity contribution in [2.24, 2.45) is 0 Å². The predicted molar refractivity (Wildman–Crippen MR) is 242 cm³/mol. The third kappa shape index (κ3) is 5.94. The maximum Gasteiger partial charge on any atom is 0.151 e. The van der Waals surface area contributed by atoms with E-state index in [2.05, 4.69) is 158 Å². The van der Waals surface area contributed by atoms with Crippen LogP contribution in [-0.2, 0) is 0 Å². The summed E-state index contributed by atoms with van der Waals surface area (Å²) in [7, 11) is -0.805. The molecule has 0 bridgehead atoms. The molecule has 0 aliphatic rings. The van der Waals surface area contributed by atoms with Gasteiger partial charge >= 0.3 is 0 Å². The second-order valence-electron chi connectivity index (χ2n) is 14.3. The summed E-state index contributed by atoms with van der Waals surface area (Å²) < 4.78 is 0. The van der Waals surface area contributed by atoms with Crippen LogP contribution in [0, 0.1) is 0 Å². The van der Waals surface area contributed by atoms with E-state index in [1.165, 1.54) is 15.9 Å². The van der Waals surface area contributed by atoms with Crippen molar-refractivity contribution in [1.29, 1.82) is 0 Å².